The molecule has 0 atom stereocenters. The van der Waals surface area contributed by atoms with Crippen LogP contribution in [-0.4, -0.2) is 32.6 Å². The molecule has 0 aliphatic carbocycles. The van der Waals surface area contributed by atoms with E-state index >= 15 is 0 Å². The summed E-state index contributed by atoms with van der Waals surface area (Å²) in [6, 6.07) is 13.8. The van der Waals surface area contributed by atoms with Crippen LogP contribution >= 0.6 is 0 Å². The van der Waals surface area contributed by atoms with Crippen molar-refractivity contribution in [1.82, 2.24) is 15.0 Å². The predicted octanol–water partition coefficient (Wildman–Crippen LogP) is 4.34. The highest BCUT2D eigenvalue weighted by Crippen LogP contribution is 2.31. The highest BCUT2D eigenvalue weighted by molar-refractivity contribution is 6.00. The van der Waals surface area contributed by atoms with Gasteiger partial charge in [-0.15, -0.1) is 0 Å². The van der Waals surface area contributed by atoms with Crippen molar-refractivity contribution in [1.29, 1.82) is 0 Å². The molecule has 0 unspecified atom stereocenters. The fourth-order valence-corrected chi connectivity index (χ4v) is 3.36. The molecule has 0 radical (unpaired) electrons. The molecule has 0 aliphatic heterocycles. The molecular weight excluding hydrogens is 376 g/mol. The summed E-state index contributed by atoms with van der Waals surface area (Å²) in [4.78, 5) is 24.1. The van der Waals surface area contributed by atoms with Crippen LogP contribution in [0.1, 0.15) is 12.6 Å². The van der Waals surface area contributed by atoms with Gasteiger partial charge in [-0.1, -0.05) is 25.1 Å². The second kappa shape index (κ2) is 8.71. The zero-order valence-electron chi connectivity index (χ0n) is 16.6. The van der Waals surface area contributed by atoms with E-state index in [2.05, 4.69) is 39.3 Å². The number of H-pyrrole nitrogens is 1. The number of fused-ring (bicyclic) bond motifs is 1. The van der Waals surface area contributed by atoms with Crippen LogP contribution < -0.4 is 5.32 Å². The van der Waals surface area contributed by atoms with Crippen molar-refractivity contribution < 1.29 is 9.90 Å². The van der Waals surface area contributed by atoms with E-state index in [0.717, 1.165) is 45.4 Å². The van der Waals surface area contributed by atoms with E-state index < -0.39 is 0 Å². The lowest BCUT2D eigenvalue weighted by molar-refractivity contribution is -0.111. The summed E-state index contributed by atoms with van der Waals surface area (Å²) < 4.78 is 0. The number of carbonyl (C=O) groups is 1. The number of aryl methyl sites for hydroxylation is 1. The van der Waals surface area contributed by atoms with Crippen LogP contribution in [0.4, 0.5) is 5.69 Å². The maximum atomic E-state index is 11.9. The normalized spacial score (nSPS) is 11.3. The van der Waals surface area contributed by atoms with Gasteiger partial charge in [-0.2, -0.15) is 0 Å². The molecule has 0 aliphatic rings. The second-order valence-electron chi connectivity index (χ2n) is 6.87. The predicted molar refractivity (Wildman–Crippen MR) is 119 cm³/mol. The number of benzene rings is 1. The van der Waals surface area contributed by atoms with Crippen LogP contribution in [0.15, 0.2) is 73.2 Å². The van der Waals surface area contributed by atoms with Gasteiger partial charge in [-0.05, 0) is 47.9 Å². The first-order valence-corrected chi connectivity index (χ1v) is 9.79. The molecule has 3 aromatic heterocycles. The topological polar surface area (TPSA) is 90.9 Å². The number of hydrogen-bond acceptors (Lipinski definition) is 4. The molecule has 3 heterocycles. The lowest BCUT2D eigenvalue weighted by Gasteiger charge is -2.07. The molecule has 30 heavy (non-hydrogen) atoms. The van der Waals surface area contributed by atoms with Crippen molar-refractivity contribution in [3.63, 3.8) is 0 Å². The smallest absolute Gasteiger partial charge is 0.248 e. The Kier molecular flexibility index (Phi) is 5.68. The average Bonchev–Trinajstić information content (AvgIpc) is 3.21. The number of aliphatic hydroxyl groups is 1. The van der Waals surface area contributed by atoms with Crippen LogP contribution in [0.2, 0.25) is 0 Å². The van der Waals surface area contributed by atoms with Gasteiger partial charge < -0.3 is 15.4 Å². The Balaban J connectivity index is 1.69. The number of rotatable bonds is 6. The van der Waals surface area contributed by atoms with E-state index in [1.807, 2.05) is 48.9 Å². The summed E-state index contributed by atoms with van der Waals surface area (Å²) in [5.41, 5.74) is 6.63. The van der Waals surface area contributed by atoms with Gasteiger partial charge in [-0.3, -0.25) is 9.78 Å². The molecule has 3 N–H and O–H groups in total. The molecule has 0 bridgehead atoms. The molecule has 0 saturated heterocycles. The largest absolute Gasteiger partial charge is 0.392 e. The fraction of sp³-hybridized carbons (Fsp3) is 0.125. The Morgan fingerprint density at radius 3 is 2.87 bits per heavy atom. The van der Waals surface area contributed by atoms with E-state index in [1.54, 1.807) is 0 Å². The molecule has 1 aromatic carbocycles. The van der Waals surface area contributed by atoms with Gasteiger partial charge in [0, 0.05) is 52.6 Å². The minimum absolute atomic E-state index is 0.171. The lowest BCUT2D eigenvalue weighted by atomic mass is 10.0. The van der Waals surface area contributed by atoms with Crippen molar-refractivity contribution in [3.05, 3.63) is 78.9 Å². The Bertz CT molecular complexity index is 1230. The van der Waals surface area contributed by atoms with Gasteiger partial charge in [0.05, 0.1) is 6.61 Å². The Labute approximate surface area is 174 Å². The molecule has 0 spiro atoms. The molecule has 6 nitrogen and oxygen atoms in total. The minimum atomic E-state index is -0.285. The third-order valence-corrected chi connectivity index (χ3v) is 4.86. The van der Waals surface area contributed by atoms with E-state index in [-0.39, 0.29) is 12.5 Å². The van der Waals surface area contributed by atoms with Gasteiger partial charge in [0.2, 0.25) is 5.91 Å². The SMILES string of the molecule is CCc1cc(-c2c[nH]c3ncc(-c4cccc(NC(=O)/C=C/CO)c4)cc23)ccn1. The highest BCUT2D eigenvalue weighted by atomic mass is 16.2. The standard InChI is InChI=1S/C24H22N4O2/c1-2-19-12-17(8-9-25-19)22-15-27-24-21(22)13-18(14-26-24)16-5-3-6-20(11-16)28-23(30)7-4-10-29/h3-9,11-15,29H,2,10H2,1H3,(H,26,27)(H,28,30)/b7-4+. The van der Waals surface area contributed by atoms with E-state index in [4.69, 9.17) is 5.11 Å². The number of amides is 1. The first-order chi connectivity index (χ1) is 14.7. The van der Waals surface area contributed by atoms with Crippen LogP contribution in [0.5, 0.6) is 0 Å². The first-order valence-electron chi connectivity index (χ1n) is 9.79. The maximum absolute atomic E-state index is 11.9. The third kappa shape index (κ3) is 4.14. The van der Waals surface area contributed by atoms with Gasteiger partial charge in [-0.25, -0.2) is 4.98 Å². The quantitative estimate of drug-likeness (QED) is 0.421. The molecule has 6 heteroatoms. The number of aromatic nitrogens is 3. The van der Waals surface area contributed by atoms with Crippen LogP contribution in [0, 0.1) is 0 Å². The first kappa shape index (κ1) is 19.5. The molecule has 0 fully saturated rings. The number of aliphatic hydroxyl groups excluding tert-OH is 1. The number of aromatic amines is 1. The summed E-state index contributed by atoms with van der Waals surface area (Å²) in [5.74, 6) is -0.285. The summed E-state index contributed by atoms with van der Waals surface area (Å²) in [6.07, 6.45) is 9.21. The van der Waals surface area contributed by atoms with Crippen molar-refractivity contribution in [2.75, 3.05) is 11.9 Å². The Morgan fingerprint density at radius 2 is 2.03 bits per heavy atom. The van der Waals surface area contributed by atoms with Gasteiger partial charge in [0.15, 0.2) is 0 Å². The van der Waals surface area contributed by atoms with Crippen molar-refractivity contribution >= 4 is 22.6 Å². The summed E-state index contributed by atoms with van der Waals surface area (Å²) in [7, 11) is 0. The Morgan fingerprint density at radius 1 is 1.13 bits per heavy atom. The molecule has 150 valence electrons. The Hall–Kier alpha value is -3.77. The summed E-state index contributed by atoms with van der Waals surface area (Å²) in [6.45, 7) is 1.92. The van der Waals surface area contributed by atoms with Crippen LogP contribution in [-0.2, 0) is 11.2 Å². The molecule has 0 saturated carbocycles. The highest BCUT2D eigenvalue weighted by Gasteiger charge is 2.10. The van der Waals surface area contributed by atoms with Crippen molar-refractivity contribution in [3.8, 4) is 22.3 Å². The number of carbonyl (C=O) groups excluding carboxylic acids is 1. The number of nitrogens with zero attached hydrogens (tertiary/aromatic N) is 2. The van der Waals surface area contributed by atoms with Gasteiger partial charge in [0.25, 0.3) is 0 Å². The molecule has 1 amide bonds. The lowest BCUT2D eigenvalue weighted by Crippen LogP contribution is -2.07. The van der Waals surface area contributed by atoms with Crippen molar-refractivity contribution in [2.24, 2.45) is 0 Å². The second-order valence-corrected chi connectivity index (χ2v) is 6.87. The summed E-state index contributed by atoms with van der Waals surface area (Å²) >= 11 is 0. The fourth-order valence-electron chi connectivity index (χ4n) is 3.36. The van der Waals surface area contributed by atoms with E-state index in [9.17, 15) is 4.79 Å². The zero-order chi connectivity index (χ0) is 20.9. The number of pyridine rings is 2. The summed E-state index contributed by atoms with van der Waals surface area (Å²) in [5, 5.41) is 12.6. The van der Waals surface area contributed by atoms with E-state index in [1.165, 1.54) is 12.2 Å². The van der Waals surface area contributed by atoms with Crippen LogP contribution in [0.25, 0.3) is 33.3 Å². The maximum Gasteiger partial charge on any atom is 0.248 e. The monoisotopic (exact) mass is 398 g/mol. The molecular formula is C24H22N4O2. The number of hydrogen-bond donors (Lipinski definition) is 3. The zero-order valence-corrected chi connectivity index (χ0v) is 16.6. The van der Waals surface area contributed by atoms with Gasteiger partial charge >= 0.3 is 0 Å². The van der Waals surface area contributed by atoms with Crippen molar-refractivity contribution in [2.45, 2.75) is 13.3 Å². The molecule has 4 aromatic rings. The minimum Gasteiger partial charge on any atom is -0.392 e. The number of nitrogens with one attached hydrogen (secondary N) is 2. The van der Waals surface area contributed by atoms with Gasteiger partial charge in [0.1, 0.15) is 5.65 Å². The number of anilines is 1. The van der Waals surface area contributed by atoms with Crippen LogP contribution in [0.3, 0.4) is 0 Å². The average molecular weight is 398 g/mol. The van der Waals surface area contributed by atoms with E-state index in [0.29, 0.717) is 5.69 Å². The molecule has 4 rings (SSSR count). The third-order valence-electron chi connectivity index (χ3n) is 4.86.